The van der Waals surface area contributed by atoms with E-state index >= 15 is 0 Å². The van der Waals surface area contributed by atoms with Crippen LogP contribution in [0.25, 0.3) is 0 Å². The first kappa shape index (κ1) is 23.9. The normalized spacial score (nSPS) is 16.6. The maximum atomic E-state index is 12.4. The number of anilines is 1. The number of sulfonamides is 1. The smallest absolute Gasteiger partial charge is 0.480 e. The fourth-order valence-corrected chi connectivity index (χ4v) is 3.79. The molecule has 0 saturated carbocycles. The van der Waals surface area contributed by atoms with Crippen molar-refractivity contribution in [3.63, 3.8) is 0 Å². The molecular weight excluding hydrogens is 435 g/mol. The highest BCUT2D eigenvalue weighted by Crippen LogP contribution is 2.26. The lowest BCUT2D eigenvalue weighted by Crippen LogP contribution is -2.57. The number of ether oxygens (including phenoxy) is 1. The zero-order valence-electron chi connectivity index (χ0n) is 13.9. The number of pyridine rings is 1. The Labute approximate surface area is 161 Å². The van der Waals surface area contributed by atoms with Crippen LogP contribution in [-0.2, 0) is 24.3 Å². The molecule has 0 unspecified atom stereocenters. The molecule has 0 bridgehead atoms. The molecule has 0 aliphatic carbocycles. The van der Waals surface area contributed by atoms with E-state index in [0.29, 0.717) is 0 Å². The zero-order valence-corrected chi connectivity index (χ0v) is 15.4. The molecule has 10 nitrogen and oxygen atoms in total. The number of alkyl halides is 3. The Morgan fingerprint density at radius 1 is 1.29 bits per heavy atom. The number of rotatable bonds is 4. The molecule has 0 radical (unpaired) electrons. The minimum Gasteiger partial charge on any atom is -0.480 e. The van der Waals surface area contributed by atoms with Crippen LogP contribution in [0.3, 0.4) is 0 Å². The van der Waals surface area contributed by atoms with Crippen molar-refractivity contribution in [1.29, 1.82) is 0 Å². The van der Waals surface area contributed by atoms with Gasteiger partial charge in [-0.05, 0) is 6.07 Å². The van der Waals surface area contributed by atoms with E-state index in [1.807, 2.05) is 0 Å². The van der Waals surface area contributed by atoms with E-state index in [-0.39, 0.29) is 41.8 Å². The molecule has 5 N–H and O–H groups in total. The summed E-state index contributed by atoms with van der Waals surface area (Å²) in [4.78, 5) is 23.7. The van der Waals surface area contributed by atoms with Gasteiger partial charge in [0, 0.05) is 32.3 Å². The van der Waals surface area contributed by atoms with Crippen molar-refractivity contribution < 1.29 is 46.1 Å². The Balaban J connectivity index is 0.000000480. The van der Waals surface area contributed by atoms with Gasteiger partial charge in [-0.3, -0.25) is 4.79 Å². The maximum absolute atomic E-state index is 12.4. The van der Waals surface area contributed by atoms with Crippen molar-refractivity contribution in [2.24, 2.45) is 0 Å². The van der Waals surface area contributed by atoms with Gasteiger partial charge in [0.15, 0.2) is 0 Å². The minimum absolute atomic E-state index is 0.0233. The second kappa shape index (κ2) is 8.89. The number of carboxylic acids is 2. The highest BCUT2D eigenvalue weighted by atomic mass is 35.5. The van der Waals surface area contributed by atoms with Crippen LogP contribution in [0.2, 0.25) is 5.02 Å². The number of nitrogens with two attached hydrogens (primary N) is 1. The summed E-state index contributed by atoms with van der Waals surface area (Å²) in [7, 11) is -4.17. The molecule has 0 aromatic carbocycles. The van der Waals surface area contributed by atoms with Gasteiger partial charge in [0.25, 0.3) is 0 Å². The Morgan fingerprint density at radius 2 is 1.79 bits per heavy atom. The molecule has 0 spiro atoms. The van der Waals surface area contributed by atoms with Gasteiger partial charge in [0.05, 0.1) is 5.02 Å². The van der Waals surface area contributed by atoms with E-state index < -0.39 is 33.7 Å². The van der Waals surface area contributed by atoms with Gasteiger partial charge >= 0.3 is 18.1 Å². The van der Waals surface area contributed by atoms with E-state index in [1.54, 1.807) is 0 Å². The third-order valence-corrected chi connectivity index (χ3v) is 5.24. The van der Waals surface area contributed by atoms with Crippen LogP contribution in [0.4, 0.5) is 19.0 Å². The van der Waals surface area contributed by atoms with Crippen molar-refractivity contribution >= 4 is 39.4 Å². The number of hydrogen-bond acceptors (Lipinski definition) is 7. The first-order chi connectivity index (χ1) is 12.7. The Bertz CT molecular complexity index is 842. The summed E-state index contributed by atoms with van der Waals surface area (Å²) >= 11 is 5.72. The van der Waals surface area contributed by atoms with Crippen molar-refractivity contribution in [3.8, 4) is 0 Å². The Morgan fingerprint density at radius 3 is 2.21 bits per heavy atom. The largest absolute Gasteiger partial charge is 0.490 e. The lowest BCUT2D eigenvalue weighted by atomic mass is 9.92. The summed E-state index contributed by atoms with van der Waals surface area (Å²) in [6.45, 7) is 0.302. The first-order valence-electron chi connectivity index (χ1n) is 7.27. The van der Waals surface area contributed by atoms with Crippen molar-refractivity contribution in [2.45, 2.75) is 29.5 Å². The molecule has 2 rings (SSSR count). The topological polar surface area (TPSA) is 169 Å². The summed E-state index contributed by atoms with van der Waals surface area (Å²) < 4.78 is 63.8. The molecule has 28 heavy (non-hydrogen) atoms. The molecule has 15 heteroatoms. The van der Waals surface area contributed by atoms with Gasteiger partial charge in [0.1, 0.15) is 16.3 Å². The quantitative estimate of drug-likeness (QED) is 0.520. The highest BCUT2D eigenvalue weighted by molar-refractivity contribution is 7.89. The van der Waals surface area contributed by atoms with E-state index in [0.717, 1.165) is 6.07 Å². The molecule has 158 valence electrons. The van der Waals surface area contributed by atoms with E-state index in [2.05, 4.69) is 9.71 Å². The Kier molecular flexibility index (Phi) is 7.59. The average Bonchev–Trinajstić information content (AvgIpc) is 2.57. The van der Waals surface area contributed by atoms with Crippen molar-refractivity contribution in [3.05, 3.63) is 17.3 Å². The van der Waals surface area contributed by atoms with Crippen molar-refractivity contribution in [2.75, 3.05) is 18.9 Å². The molecule has 1 aliphatic heterocycles. The summed E-state index contributed by atoms with van der Waals surface area (Å²) in [5.74, 6) is -4.27. The number of nitrogens with zero attached hydrogens (tertiary/aromatic N) is 1. The van der Waals surface area contributed by atoms with Gasteiger partial charge in [-0.25, -0.2) is 18.2 Å². The summed E-state index contributed by atoms with van der Waals surface area (Å²) in [6.07, 6.45) is -3.83. The van der Waals surface area contributed by atoms with Crippen molar-refractivity contribution in [1.82, 2.24) is 9.71 Å². The third kappa shape index (κ3) is 6.19. The van der Waals surface area contributed by atoms with Gasteiger partial charge < -0.3 is 20.7 Å². The number of aromatic nitrogens is 1. The van der Waals surface area contributed by atoms with Crippen LogP contribution in [0.1, 0.15) is 12.8 Å². The lowest BCUT2D eigenvalue weighted by Gasteiger charge is -2.33. The SMILES string of the molecule is Nc1ncc(Cl)cc1S(=O)(=O)NC1(C(=O)O)CCOCC1.O=C(O)C(F)(F)F. The van der Waals surface area contributed by atoms with E-state index in [4.69, 9.17) is 32.0 Å². The molecule has 1 fully saturated rings. The molecule has 0 atom stereocenters. The van der Waals surface area contributed by atoms with Gasteiger partial charge in [-0.2, -0.15) is 17.9 Å². The van der Waals surface area contributed by atoms with Crippen LogP contribution in [0, 0.1) is 0 Å². The van der Waals surface area contributed by atoms with Crippen LogP contribution in [0.5, 0.6) is 0 Å². The van der Waals surface area contributed by atoms with E-state index in [9.17, 15) is 31.5 Å². The van der Waals surface area contributed by atoms with E-state index in [1.165, 1.54) is 6.20 Å². The minimum atomic E-state index is -5.08. The first-order valence-corrected chi connectivity index (χ1v) is 9.14. The van der Waals surface area contributed by atoms with Gasteiger partial charge in [-0.1, -0.05) is 11.6 Å². The van der Waals surface area contributed by atoms with Gasteiger partial charge in [-0.15, -0.1) is 0 Å². The summed E-state index contributed by atoms with van der Waals surface area (Å²) in [6, 6.07) is 1.13. The molecule has 2 heterocycles. The molecule has 1 aromatic heterocycles. The molecule has 1 aliphatic rings. The second-order valence-electron chi connectivity index (χ2n) is 5.44. The van der Waals surface area contributed by atoms with Crippen LogP contribution in [-0.4, -0.2) is 60.5 Å². The second-order valence-corrected chi connectivity index (χ2v) is 7.53. The molecular formula is C13H15ClF3N3O7S. The number of aliphatic carboxylic acids is 2. The molecule has 1 saturated heterocycles. The summed E-state index contributed by atoms with van der Waals surface area (Å²) in [5.41, 5.74) is 3.92. The molecule has 0 amide bonds. The number of nitrogen functional groups attached to an aromatic ring is 1. The number of hydrogen-bond donors (Lipinski definition) is 4. The fraction of sp³-hybridized carbons (Fsp3) is 0.462. The average molecular weight is 450 g/mol. The Hall–Kier alpha value is -2.16. The summed E-state index contributed by atoms with van der Waals surface area (Å²) in [5, 5.41) is 16.6. The monoisotopic (exact) mass is 449 g/mol. The number of carbonyl (C=O) groups is 2. The number of nitrogens with one attached hydrogen (secondary N) is 1. The third-order valence-electron chi connectivity index (χ3n) is 3.47. The van der Waals surface area contributed by atoms with Crippen LogP contribution >= 0.6 is 11.6 Å². The standard InChI is InChI=1S/C11H14ClN3O5S.C2HF3O2/c12-7-5-8(9(13)14-6-7)21(18,19)15-11(10(16)17)1-3-20-4-2-11;3-2(4,5)1(6)7/h5-6,15H,1-4H2,(H2,13,14)(H,16,17);(H,6,7). The number of carboxylic acid groups (broad SMARTS) is 2. The zero-order chi connectivity index (χ0) is 21.8. The predicted octanol–water partition coefficient (Wildman–Crippen LogP) is 0.863. The van der Waals surface area contributed by atoms with Crippen LogP contribution in [0.15, 0.2) is 17.2 Å². The number of halogens is 4. The van der Waals surface area contributed by atoms with Crippen LogP contribution < -0.4 is 10.5 Å². The van der Waals surface area contributed by atoms with Gasteiger partial charge in [0.2, 0.25) is 10.0 Å². The lowest BCUT2D eigenvalue weighted by molar-refractivity contribution is -0.192. The highest BCUT2D eigenvalue weighted by Gasteiger charge is 2.44. The fourth-order valence-electron chi connectivity index (χ4n) is 2.04. The predicted molar refractivity (Wildman–Crippen MR) is 88.1 cm³/mol. The molecule has 1 aromatic rings. The maximum Gasteiger partial charge on any atom is 0.490 e.